The van der Waals surface area contributed by atoms with Crippen molar-refractivity contribution in [2.45, 2.75) is 24.1 Å². The van der Waals surface area contributed by atoms with E-state index in [4.69, 9.17) is 0 Å². The van der Waals surface area contributed by atoms with E-state index in [9.17, 15) is 0 Å². The van der Waals surface area contributed by atoms with Gasteiger partial charge < -0.3 is 0 Å². The second-order valence-electron chi connectivity index (χ2n) is 10.7. The first kappa shape index (κ1) is 21.7. The Morgan fingerprint density at radius 3 is 1.37 bits per heavy atom. The molecule has 4 aromatic rings. The van der Waals surface area contributed by atoms with Crippen LogP contribution >= 0.6 is 0 Å². The molecule has 0 amide bonds. The molecule has 0 aromatic heterocycles. The molecule has 0 fully saturated rings. The predicted octanol–water partition coefficient (Wildman–Crippen LogP) is 8.43. The summed E-state index contributed by atoms with van der Waals surface area (Å²) in [4.78, 5) is 0. The molecule has 0 heterocycles. The molecular formula is C33H30HfSi. The number of allylic oxidation sites excluding steroid dienone is 2. The molecule has 7 rings (SSSR count). The maximum atomic E-state index is 2.70. The second-order valence-corrected chi connectivity index (χ2v) is 47.4. The normalized spacial score (nSPS) is 21.0. The number of hydrogen-bond acceptors (Lipinski definition) is 0. The molecule has 0 saturated carbocycles. The van der Waals surface area contributed by atoms with Crippen LogP contribution in [0.2, 0.25) is 13.1 Å². The van der Waals surface area contributed by atoms with Gasteiger partial charge in [-0.05, 0) is 0 Å². The minimum atomic E-state index is -3.43. The van der Waals surface area contributed by atoms with E-state index in [-0.39, 0.29) is 0 Å². The summed E-state index contributed by atoms with van der Waals surface area (Å²) in [5.74, 6) is -1.10. The van der Waals surface area contributed by atoms with Crippen molar-refractivity contribution in [2.24, 2.45) is 0 Å². The Balaban J connectivity index is 1.57. The van der Waals surface area contributed by atoms with Gasteiger partial charge in [0.25, 0.3) is 0 Å². The first-order chi connectivity index (χ1) is 17.2. The summed E-state index contributed by atoms with van der Waals surface area (Å²) in [5, 5.41) is 0. The molecule has 0 N–H and O–H groups in total. The van der Waals surface area contributed by atoms with E-state index in [1.165, 1.54) is 22.3 Å². The van der Waals surface area contributed by atoms with Crippen LogP contribution in [0.5, 0.6) is 0 Å². The Labute approximate surface area is 214 Å². The minimum absolute atomic E-state index is 0.586. The average molecular weight is 633 g/mol. The zero-order valence-electron chi connectivity index (χ0n) is 20.4. The summed E-state index contributed by atoms with van der Waals surface area (Å²) in [6.45, 7) is 5.41. The van der Waals surface area contributed by atoms with Gasteiger partial charge in [-0.1, -0.05) is 0 Å². The molecule has 0 bridgehead atoms. The quantitative estimate of drug-likeness (QED) is 0.198. The van der Waals surface area contributed by atoms with Crippen molar-refractivity contribution in [2.75, 3.05) is 0 Å². The zero-order chi connectivity index (χ0) is 23.6. The number of fused-ring (bicyclic) bond motifs is 5. The molecule has 170 valence electrons. The molecular weight excluding hydrogens is 603 g/mol. The third-order valence-electron chi connectivity index (χ3n) is 9.01. The van der Waals surface area contributed by atoms with Crippen LogP contribution in [-0.2, 0) is 19.1 Å². The van der Waals surface area contributed by atoms with E-state index < -0.39 is 25.1 Å². The van der Waals surface area contributed by atoms with Crippen molar-refractivity contribution in [3.8, 4) is 11.1 Å². The van der Waals surface area contributed by atoms with Gasteiger partial charge in [-0.2, -0.15) is 0 Å². The molecule has 35 heavy (non-hydrogen) atoms. The number of rotatable bonds is 4. The summed E-state index contributed by atoms with van der Waals surface area (Å²) < 4.78 is 1.80. The fourth-order valence-corrected chi connectivity index (χ4v) is 58.6. The van der Waals surface area contributed by atoms with Gasteiger partial charge in [0.2, 0.25) is 0 Å². The Morgan fingerprint density at radius 2 is 0.914 bits per heavy atom. The van der Waals surface area contributed by atoms with Gasteiger partial charge >= 0.3 is 215 Å². The van der Waals surface area contributed by atoms with Gasteiger partial charge in [-0.3, -0.25) is 0 Å². The predicted molar refractivity (Wildman–Crippen MR) is 149 cm³/mol. The van der Waals surface area contributed by atoms with Crippen LogP contribution in [0.1, 0.15) is 44.4 Å². The summed E-state index contributed by atoms with van der Waals surface area (Å²) in [7, 11) is 0. The van der Waals surface area contributed by atoms with Crippen LogP contribution in [0, 0.1) is 0 Å². The van der Waals surface area contributed by atoms with Crippen molar-refractivity contribution in [1.82, 2.24) is 0 Å². The van der Waals surface area contributed by atoms with Gasteiger partial charge in [0, 0.05) is 0 Å². The SMILES string of the molecule is C[SiH](C)[Hf]([CH]1C=Cc2ccccc21)([CH]1C=Cc2ccccc21)[CH]1c2ccccc2-c2ccccc21. The first-order valence-electron chi connectivity index (χ1n) is 12.9. The van der Waals surface area contributed by atoms with E-state index in [0.29, 0.717) is 11.0 Å². The van der Waals surface area contributed by atoms with Crippen LogP contribution in [0.4, 0.5) is 0 Å². The fourth-order valence-electron chi connectivity index (χ4n) is 7.67. The Hall–Kier alpha value is -2.55. The van der Waals surface area contributed by atoms with Crippen LogP contribution in [0.25, 0.3) is 23.3 Å². The van der Waals surface area contributed by atoms with E-state index in [2.05, 4.69) is 134 Å². The van der Waals surface area contributed by atoms with Crippen LogP contribution in [-0.4, -0.2) is 5.98 Å². The Kier molecular flexibility index (Phi) is 5.12. The molecule has 0 radical (unpaired) electrons. The molecule has 0 aliphatic heterocycles. The topological polar surface area (TPSA) is 0 Å². The second kappa shape index (κ2) is 8.25. The zero-order valence-corrected chi connectivity index (χ0v) is 25.1. The van der Waals surface area contributed by atoms with Crippen LogP contribution in [0.15, 0.2) is 109 Å². The van der Waals surface area contributed by atoms with Gasteiger partial charge in [-0.25, -0.2) is 0 Å². The fraction of sp³-hybridized carbons (Fsp3) is 0.152. The van der Waals surface area contributed by atoms with E-state index in [1.807, 2.05) is 0 Å². The Morgan fingerprint density at radius 1 is 0.514 bits per heavy atom. The molecule has 0 spiro atoms. The van der Waals surface area contributed by atoms with Gasteiger partial charge in [0.15, 0.2) is 0 Å². The average Bonchev–Trinajstić information content (AvgIpc) is 3.60. The summed E-state index contributed by atoms with van der Waals surface area (Å²) in [6, 6.07) is 37.3. The summed E-state index contributed by atoms with van der Waals surface area (Å²) in [5.41, 5.74) is 12.3. The van der Waals surface area contributed by atoms with E-state index in [0.717, 1.165) is 0 Å². The van der Waals surface area contributed by atoms with E-state index in [1.54, 1.807) is 22.3 Å². The first-order valence-corrected chi connectivity index (χ1v) is 28.3. The maximum absolute atomic E-state index is 3.43. The molecule has 2 heteroatoms. The van der Waals surface area contributed by atoms with Gasteiger partial charge in [0.1, 0.15) is 0 Å². The van der Waals surface area contributed by atoms with Crippen LogP contribution in [0.3, 0.4) is 0 Å². The molecule has 3 aliphatic carbocycles. The molecule has 0 nitrogen and oxygen atoms in total. The standard InChI is InChI=1S/C13H9.2C9H7.C2H7Si.Hf/c1-3-7-12-10(5-1)9-11-6-2-4-8-13(11)12;2*1-2-5-9-7-3-6-8(9)4-1;1-3-2;/h1-9H;2*1-7H;3H,1-2H3;. The Bertz CT molecular complexity index is 1400. The summed E-state index contributed by atoms with van der Waals surface area (Å²) >= 11 is -3.43. The van der Waals surface area contributed by atoms with Crippen molar-refractivity contribution in [1.29, 1.82) is 0 Å². The monoisotopic (exact) mass is 634 g/mol. The molecule has 2 atom stereocenters. The molecule has 2 unspecified atom stereocenters. The van der Waals surface area contributed by atoms with Crippen molar-refractivity contribution >= 4 is 18.1 Å². The van der Waals surface area contributed by atoms with Crippen molar-refractivity contribution < 1.29 is 19.1 Å². The molecule has 0 saturated heterocycles. The third-order valence-corrected chi connectivity index (χ3v) is 58.4. The van der Waals surface area contributed by atoms with E-state index >= 15 is 0 Å². The van der Waals surface area contributed by atoms with Crippen molar-refractivity contribution in [3.63, 3.8) is 0 Å². The summed E-state index contributed by atoms with van der Waals surface area (Å²) in [6.07, 6.45) is 10.2. The number of benzene rings is 4. The van der Waals surface area contributed by atoms with Crippen LogP contribution < -0.4 is 0 Å². The third kappa shape index (κ3) is 2.99. The van der Waals surface area contributed by atoms with Gasteiger partial charge in [0.05, 0.1) is 0 Å². The van der Waals surface area contributed by atoms with Gasteiger partial charge in [-0.15, -0.1) is 0 Å². The molecule has 4 aromatic carbocycles. The van der Waals surface area contributed by atoms with Crippen molar-refractivity contribution in [3.05, 3.63) is 143 Å². The molecule has 3 aliphatic rings. The number of hydrogen-bond donors (Lipinski definition) is 0.